The maximum Gasteiger partial charge on any atom is 0.0458 e. The number of fused-ring (bicyclic) bond motifs is 1. The van der Waals surface area contributed by atoms with Crippen LogP contribution < -0.4 is 5.73 Å². The van der Waals surface area contributed by atoms with Gasteiger partial charge in [-0.1, -0.05) is 0 Å². The number of benzene rings is 1. The Balaban J connectivity index is 2.06. The topological polar surface area (TPSA) is 45.0 Å². The maximum atomic E-state index is 5.85. The lowest BCUT2D eigenvalue weighted by Crippen LogP contribution is -2.13. The number of nitrogens with zero attached hydrogens (tertiary/aromatic N) is 1. The summed E-state index contributed by atoms with van der Waals surface area (Å²) in [6.45, 7) is 2.35. The lowest BCUT2D eigenvalue weighted by molar-refractivity contribution is 0.412. The second-order valence-corrected chi connectivity index (χ2v) is 4.80. The van der Waals surface area contributed by atoms with Crippen LogP contribution in [0.3, 0.4) is 0 Å². The first kappa shape index (κ1) is 9.73. The van der Waals surface area contributed by atoms with Crippen LogP contribution in [0.1, 0.15) is 17.9 Å². The van der Waals surface area contributed by atoms with Crippen LogP contribution in [0.2, 0.25) is 0 Å². The Morgan fingerprint density at radius 1 is 1.44 bits per heavy atom. The minimum Gasteiger partial charge on any atom is -0.399 e. The Bertz CT molecular complexity index is 515. The van der Waals surface area contributed by atoms with E-state index in [2.05, 4.69) is 35.3 Å². The highest BCUT2D eigenvalue weighted by Gasteiger charge is 2.23. The number of hydrogen-bond acceptors (Lipinski definition) is 2. The van der Waals surface area contributed by atoms with E-state index in [0.29, 0.717) is 5.92 Å². The zero-order chi connectivity index (χ0) is 11.1. The molecule has 1 fully saturated rings. The Kier molecular flexibility index (Phi) is 2.14. The van der Waals surface area contributed by atoms with Crippen molar-refractivity contribution in [1.29, 1.82) is 0 Å². The van der Waals surface area contributed by atoms with Crippen molar-refractivity contribution in [1.82, 2.24) is 9.88 Å². The summed E-state index contributed by atoms with van der Waals surface area (Å²) >= 11 is 0. The Hall–Kier alpha value is -1.48. The smallest absolute Gasteiger partial charge is 0.0458 e. The Morgan fingerprint density at radius 2 is 2.31 bits per heavy atom. The van der Waals surface area contributed by atoms with Crippen molar-refractivity contribution < 1.29 is 0 Å². The van der Waals surface area contributed by atoms with Gasteiger partial charge in [0.25, 0.3) is 0 Å². The zero-order valence-corrected chi connectivity index (χ0v) is 9.53. The fourth-order valence-corrected chi connectivity index (χ4v) is 2.69. The van der Waals surface area contributed by atoms with E-state index in [1.54, 1.807) is 0 Å². The molecular formula is C13H17N3. The van der Waals surface area contributed by atoms with Crippen molar-refractivity contribution in [3.8, 4) is 0 Å². The number of nitrogens with one attached hydrogen (secondary N) is 1. The Morgan fingerprint density at radius 3 is 3.06 bits per heavy atom. The van der Waals surface area contributed by atoms with Gasteiger partial charge in [0, 0.05) is 29.3 Å². The molecule has 1 aliphatic rings. The predicted molar refractivity (Wildman–Crippen MR) is 67.6 cm³/mol. The van der Waals surface area contributed by atoms with Crippen LogP contribution in [0.15, 0.2) is 24.4 Å². The van der Waals surface area contributed by atoms with E-state index in [9.17, 15) is 0 Å². The number of likely N-dealkylation sites (tertiary alicyclic amines) is 1. The van der Waals surface area contributed by atoms with Gasteiger partial charge in [0.15, 0.2) is 0 Å². The van der Waals surface area contributed by atoms with Crippen LogP contribution in [0, 0.1) is 0 Å². The number of H-pyrrole nitrogens is 1. The quantitative estimate of drug-likeness (QED) is 0.716. The van der Waals surface area contributed by atoms with Crippen molar-refractivity contribution >= 4 is 16.6 Å². The first-order valence-electron chi connectivity index (χ1n) is 5.79. The molecule has 0 spiro atoms. The van der Waals surface area contributed by atoms with Crippen LogP contribution >= 0.6 is 0 Å². The molecule has 0 radical (unpaired) electrons. The largest absolute Gasteiger partial charge is 0.399 e. The fraction of sp³-hybridized carbons (Fsp3) is 0.385. The molecule has 1 aromatic heterocycles. The first-order valence-corrected chi connectivity index (χ1v) is 5.79. The number of nitrogens with two attached hydrogens (primary N) is 1. The number of likely N-dealkylation sites (N-methyl/N-ethyl adjacent to an activating group) is 1. The Labute approximate surface area is 95.2 Å². The summed E-state index contributed by atoms with van der Waals surface area (Å²) in [5, 5.41) is 1.29. The summed E-state index contributed by atoms with van der Waals surface area (Å²) in [5.41, 5.74) is 9.32. The molecule has 0 amide bonds. The molecule has 0 aliphatic carbocycles. The van der Waals surface area contributed by atoms with E-state index in [0.717, 1.165) is 12.2 Å². The number of aromatic nitrogens is 1. The zero-order valence-electron chi connectivity index (χ0n) is 9.53. The van der Waals surface area contributed by atoms with Gasteiger partial charge in [-0.2, -0.15) is 0 Å². The molecule has 1 unspecified atom stereocenters. The molecule has 2 aromatic rings. The molecule has 1 atom stereocenters. The lowest BCUT2D eigenvalue weighted by Gasteiger charge is -2.09. The van der Waals surface area contributed by atoms with Gasteiger partial charge in [0.1, 0.15) is 0 Å². The highest BCUT2D eigenvalue weighted by atomic mass is 15.1. The van der Waals surface area contributed by atoms with Gasteiger partial charge < -0.3 is 15.6 Å². The lowest BCUT2D eigenvalue weighted by atomic mass is 9.98. The second-order valence-electron chi connectivity index (χ2n) is 4.80. The predicted octanol–water partition coefficient (Wildman–Crippen LogP) is 2.17. The monoisotopic (exact) mass is 215 g/mol. The summed E-state index contributed by atoms with van der Waals surface area (Å²) in [6, 6.07) is 6.09. The molecule has 0 saturated carbocycles. The number of anilines is 1. The summed E-state index contributed by atoms with van der Waals surface area (Å²) in [5.74, 6) is 0.653. The van der Waals surface area contributed by atoms with Crippen LogP contribution in [-0.4, -0.2) is 30.0 Å². The van der Waals surface area contributed by atoms with Gasteiger partial charge in [-0.15, -0.1) is 0 Å². The highest BCUT2D eigenvalue weighted by Crippen LogP contribution is 2.32. The number of rotatable bonds is 1. The maximum absolute atomic E-state index is 5.85. The van der Waals surface area contributed by atoms with Crippen molar-refractivity contribution in [3.63, 3.8) is 0 Å². The van der Waals surface area contributed by atoms with E-state index in [-0.39, 0.29) is 0 Å². The molecule has 1 aliphatic heterocycles. The molecule has 3 nitrogen and oxygen atoms in total. The highest BCUT2D eigenvalue weighted by molar-refractivity contribution is 5.86. The SMILES string of the molecule is CN1CCC(c2c[nH]c3ccc(N)cc23)C1. The number of hydrogen-bond donors (Lipinski definition) is 2. The van der Waals surface area contributed by atoms with Gasteiger partial charge >= 0.3 is 0 Å². The average Bonchev–Trinajstić information content (AvgIpc) is 2.83. The fourth-order valence-electron chi connectivity index (χ4n) is 2.69. The molecule has 2 heterocycles. The van der Waals surface area contributed by atoms with Crippen molar-refractivity contribution in [2.24, 2.45) is 0 Å². The standard InChI is InChI=1S/C13H17N3/c1-16-5-4-9(8-16)12-7-15-13-3-2-10(14)6-11(12)13/h2-3,6-7,9,15H,4-5,8,14H2,1H3. The second kappa shape index (κ2) is 3.52. The molecule has 3 N–H and O–H groups in total. The van der Waals surface area contributed by atoms with Crippen molar-refractivity contribution in [2.75, 3.05) is 25.9 Å². The molecule has 16 heavy (non-hydrogen) atoms. The van der Waals surface area contributed by atoms with Gasteiger partial charge in [-0.25, -0.2) is 0 Å². The third kappa shape index (κ3) is 1.48. The molecule has 1 aromatic carbocycles. The molecule has 3 heteroatoms. The summed E-state index contributed by atoms with van der Waals surface area (Å²) < 4.78 is 0. The average molecular weight is 215 g/mol. The third-order valence-electron chi connectivity index (χ3n) is 3.57. The molecule has 1 saturated heterocycles. The molecule has 84 valence electrons. The number of nitrogen functional groups attached to an aromatic ring is 1. The summed E-state index contributed by atoms with van der Waals surface area (Å²) in [4.78, 5) is 5.72. The van der Waals surface area contributed by atoms with Gasteiger partial charge in [-0.3, -0.25) is 0 Å². The van der Waals surface area contributed by atoms with E-state index < -0.39 is 0 Å². The van der Waals surface area contributed by atoms with Gasteiger partial charge in [0.2, 0.25) is 0 Å². The van der Waals surface area contributed by atoms with Crippen LogP contribution in [0.25, 0.3) is 10.9 Å². The minimum absolute atomic E-state index is 0.653. The summed E-state index contributed by atoms with van der Waals surface area (Å²) in [7, 11) is 2.18. The van der Waals surface area contributed by atoms with E-state index in [1.165, 1.54) is 29.4 Å². The minimum atomic E-state index is 0.653. The van der Waals surface area contributed by atoms with Crippen LogP contribution in [-0.2, 0) is 0 Å². The van der Waals surface area contributed by atoms with Crippen LogP contribution in [0.5, 0.6) is 0 Å². The molecule has 0 bridgehead atoms. The molecular weight excluding hydrogens is 198 g/mol. The first-order chi connectivity index (χ1) is 7.74. The van der Waals surface area contributed by atoms with Crippen molar-refractivity contribution in [2.45, 2.75) is 12.3 Å². The molecule has 3 rings (SSSR count). The van der Waals surface area contributed by atoms with Gasteiger partial charge in [-0.05, 0) is 49.7 Å². The number of aromatic amines is 1. The normalized spacial score (nSPS) is 21.9. The summed E-state index contributed by atoms with van der Waals surface area (Å²) in [6.07, 6.45) is 3.40. The van der Waals surface area contributed by atoms with Gasteiger partial charge in [0.05, 0.1) is 0 Å². The third-order valence-corrected chi connectivity index (χ3v) is 3.57. The van der Waals surface area contributed by atoms with E-state index in [4.69, 9.17) is 5.73 Å². The van der Waals surface area contributed by atoms with E-state index >= 15 is 0 Å². The van der Waals surface area contributed by atoms with Crippen LogP contribution in [0.4, 0.5) is 5.69 Å². The van der Waals surface area contributed by atoms with Crippen molar-refractivity contribution in [3.05, 3.63) is 30.0 Å². The van der Waals surface area contributed by atoms with E-state index in [1.807, 2.05) is 6.07 Å².